The van der Waals surface area contributed by atoms with Gasteiger partial charge in [0.1, 0.15) is 0 Å². The summed E-state index contributed by atoms with van der Waals surface area (Å²) in [6.07, 6.45) is 18.9. The zero-order valence-corrected chi connectivity index (χ0v) is 13.4. The third kappa shape index (κ3) is 18.0. The standard InChI is InChI=1S/C18H37O/c1-3-5-7-8-9-10-11-12-13-14-15-16-18-19-17-6-4-2/h1,3-18H2,2H3. The van der Waals surface area contributed by atoms with Crippen LogP contribution in [0.25, 0.3) is 0 Å². The Balaban J connectivity index is 2.88. The summed E-state index contributed by atoms with van der Waals surface area (Å²) < 4.78 is 5.56. The predicted molar refractivity (Wildman–Crippen MR) is 86.5 cm³/mol. The maximum atomic E-state index is 5.56. The SMILES string of the molecule is [CH2]CCCCCCCCCCCCCOCCCC. The first-order valence-electron chi connectivity index (χ1n) is 8.78. The van der Waals surface area contributed by atoms with Crippen molar-refractivity contribution in [1.82, 2.24) is 0 Å². The first kappa shape index (κ1) is 19.0. The molecule has 0 amide bonds. The molecule has 1 radical (unpaired) electrons. The van der Waals surface area contributed by atoms with Crippen LogP contribution in [0.3, 0.4) is 0 Å². The molecule has 19 heavy (non-hydrogen) atoms. The van der Waals surface area contributed by atoms with Gasteiger partial charge >= 0.3 is 0 Å². The van der Waals surface area contributed by atoms with Gasteiger partial charge in [-0.3, -0.25) is 0 Å². The van der Waals surface area contributed by atoms with Crippen LogP contribution >= 0.6 is 0 Å². The van der Waals surface area contributed by atoms with Gasteiger partial charge in [0.15, 0.2) is 0 Å². The van der Waals surface area contributed by atoms with E-state index in [1.165, 1.54) is 83.5 Å². The van der Waals surface area contributed by atoms with Crippen molar-refractivity contribution in [2.75, 3.05) is 13.2 Å². The van der Waals surface area contributed by atoms with Crippen molar-refractivity contribution in [3.63, 3.8) is 0 Å². The average molecular weight is 269 g/mol. The summed E-state index contributed by atoms with van der Waals surface area (Å²) in [5, 5.41) is 0. The number of unbranched alkanes of at least 4 members (excludes halogenated alkanes) is 12. The minimum Gasteiger partial charge on any atom is -0.381 e. The first-order valence-corrected chi connectivity index (χ1v) is 8.78. The molecule has 0 atom stereocenters. The van der Waals surface area contributed by atoms with Crippen molar-refractivity contribution in [3.05, 3.63) is 6.92 Å². The molecule has 0 aliphatic heterocycles. The van der Waals surface area contributed by atoms with E-state index < -0.39 is 0 Å². The highest BCUT2D eigenvalue weighted by molar-refractivity contribution is 4.49. The summed E-state index contributed by atoms with van der Waals surface area (Å²) in [5.74, 6) is 0. The van der Waals surface area contributed by atoms with Gasteiger partial charge in [-0.15, -0.1) is 0 Å². The second-order valence-corrected chi connectivity index (χ2v) is 5.71. The van der Waals surface area contributed by atoms with Crippen LogP contribution in [0.4, 0.5) is 0 Å². The molecule has 0 spiro atoms. The Morgan fingerprint density at radius 1 is 0.579 bits per heavy atom. The van der Waals surface area contributed by atoms with Gasteiger partial charge in [0.2, 0.25) is 0 Å². The molecule has 0 heterocycles. The third-order valence-corrected chi connectivity index (χ3v) is 3.68. The van der Waals surface area contributed by atoms with Gasteiger partial charge in [-0.2, -0.15) is 0 Å². The fraction of sp³-hybridized carbons (Fsp3) is 0.944. The Morgan fingerprint density at radius 3 is 1.47 bits per heavy atom. The lowest BCUT2D eigenvalue weighted by molar-refractivity contribution is 0.127. The lowest BCUT2D eigenvalue weighted by Crippen LogP contribution is -1.96. The van der Waals surface area contributed by atoms with Crippen LogP contribution in [0.5, 0.6) is 0 Å². The number of hydrogen-bond acceptors (Lipinski definition) is 1. The van der Waals surface area contributed by atoms with Gasteiger partial charge in [-0.25, -0.2) is 0 Å². The van der Waals surface area contributed by atoms with Gasteiger partial charge in [0, 0.05) is 13.2 Å². The lowest BCUT2D eigenvalue weighted by Gasteiger charge is -2.04. The maximum Gasteiger partial charge on any atom is 0.0466 e. The Morgan fingerprint density at radius 2 is 1.00 bits per heavy atom. The van der Waals surface area contributed by atoms with Crippen LogP contribution < -0.4 is 0 Å². The van der Waals surface area contributed by atoms with Crippen molar-refractivity contribution in [2.45, 2.75) is 96.8 Å². The molecule has 1 nitrogen and oxygen atoms in total. The van der Waals surface area contributed by atoms with E-state index in [1.807, 2.05) is 0 Å². The molecule has 0 saturated heterocycles. The van der Waals surface area contributed by atoms with Gasteiger partial charge in [-0.1, -0.05) is 90.9 Å². The molecule has 0 bridgehead atoms. The fourth-order valence-corrected chi connectivity index (χ4v) is 2.32. The zero-order valence-electron chi connectivity index (χ0n) is 13.4. The number of hydrogen-bond donors (Lipinski definition) is 0. The Labute approximate surface area is 122 Å². The van der Waals surface area contributed by atoms with Crippen molar-refractivity contribution in [2.24, 2.45) is 0 Å². The molecule has 0 N–H and O–H groups in total. The third-order valence-electron chi connectivity index (χ3n) is 3.68. The van der Waals surface area contributed by atoms with Crippen LogP contribution in [0.1, 0.15) is 96.8 Å². The molecule has 0 aromatic rings. The van der Waals surface area contributed by atoms with Gasteiger partial charge in [0.25, 0.3) is 0 Å². The predicted octanol–water partition coefficient (Wildman–Crippen LogP) is 6.32. The summed E-state index contributed by atoms with van der Waals surface area (Å²) >= 11 is 0. The maximum absolute atomic E-state index is 5.56. The van der Waals surface area contributed by atoms with Crippen molar-refractivity contribution in [1.29, 1.82) is 0 Å². The highest BCUT2D eigenvalue weighted by Crippen LogP contribution is 2.11. The quantitative estimate of drug-likeness (QED) is 0.298. The minimum atomic E-state index is 0.963. The normalized spacial score (nSPS) is 11.1. The molecule has 0 aromatic carbocycles. The molecule has 0 aromatic heterocycles. The highest BCUT2D eigenvalue weighted by atomic mass is 16.5. The van der Waals surface area contributed by atoms with E-state index in [0.717, 1.165) is 19.6 Å². The van der Waals surface area contributed by atoms with E-state index in [-0.39, 0.29) is 0 Å². The lowest BCUT2D eigenvalue weighted by atomic mass is 10.1. The number of ether oxygens (including phenoxy) is 1. The van der Waals surface area contributed by atoms with Crippen molar-refractivity contribution >= 4 is 0 Å². The molecule has 0 unspecified atom stereocenters. The Bertz CT molecular complexity index is 129. The van der Waals surface area contributed by atoms with Crippen LogP contribution in [-0.4, -0.2) is 13.2 Å². The summed E-state index contributed by atoms with van der Waals surface area (Å²) in [6, 6.07) is 0. The summed E-state index contributed by atoms with van der Waals surface area (Å²) in [7, 11) is 0. The Hall–Kier alpha value is -0.0400. The molecule has 0 aliphatic rings. The van der Waals surface area contributed by atoms with Gasteiger partial charge < -0.3 is 4.74 Å². The van der Waals surface area contributed by atoms with Crippen LogP contribution in [0, 0.1) is 6.92 Å². The van der Waals surface area contributed by atoms with E-state index >= 15 is 0 Å². The second-order valence-electron chi connectivity index (χ2n) is 5.71. The summed E-state index contributed by atoms with van der Waals surface area (Å²) in [5.41, 5.74) is 0. The second kappa shape index (κ2) is 18.0. The van der Waals surface area contributed by atoms with E-state index in [0.29, 0.717) is 0 Å². The number of rotatable bonds is 16. The van der Waals surface area contributed by atoms with E-state index in [2.05, 4.69) is 13.8 Å². The monoisotopic (exact) mass is 269 g/mol. The summed E-state index contributed by atoms with van der Waals surface area (Å²) in [6.45, 7) is 8.03. The molecule has 0 rings (SSSR count). The van der Waals surface area contributed by atoms with E-state index in [4.69, 9.17) is 4.74 Å². The van der Waals surface area contributed by atoms with Crippen LogP contribution in [-0.2, 0) is 4.74 Å². The highest BCUT2D eigenvalue weighted by Gasteiger charge is 1.93. The zero-order chi connectivity index (χ0) is 14.0. The largest absolute Gasteiger partial charge is 0.381 e. The minimum absolute atomic E-state index is 0.963. The molecule has 0 fully saturated rings. The molecule has 115 valence electrons. The fourth-order valence-electron chi connectivity index (χ4n) is 2.32. The molecule has 0 aliphatic carbocycles. The molecular weight excluding hydrogens is 232 g/mol. The van der Waals surface area contributed by atoms with Crippen LogP contribution in [0.15, 0.2) is 0 Å². The van der Waals surface area contributed by atoms with E-state index in [1.54, 1.807) is 0 Å². The van der Waals surface area contributed by atoms with E-state index in [9.17, 15) is 0 Å². The van der Waals surface area contributed by atoms with Crippen LogP contribution in [0.2, 0.25) is 0 Å². The molecular formula is C18H37O. The average Bonchev–Trinajstić information content (AvgIpc) is 2.43. The van der Waals surface area contributed by atoms with Gasteiger partial charge in [-0.05, 0) is 12.8 Å². The van der Waals surface area contributed by atoms with Crippen molar-refractivity contribution in [3.8, 4) is 0 Å². The summed E-state index contributed by atoms with van der Waals surface area (Å²) in [4.78, 5) is 0. The van der Waals surface area contributed by atoms with Gasteiger partial charge in [0.05, 0.1) is 0 Å². The molecule has 0 saturated carbocycles. The van der Waals surface area contributed by atoms with Crippen molar-refractivity contribution < 1.29 is 4.74 Å². The molecule has 1 heteroatoms. The Kier molecular flexibility index (Phi) is 17.9. The smallest absolute Gasteiger partial charge is 0.0466 e. The first-order chi connectivity index (χ1) is 9.41. The topological polar surface area (TPSA) is 9.23 Å².